The SMILES string of the molecule is CCCCNC(=O)C(CC(C)C)NS(=O)(=O)c1ccc(OC)cc1. The fourth-order valence-electron chi connectivity index (χ4n) is 2.20. The Bertz CT molecular complexity index is 612. The molecular weight excluding hydrogens is 328 g/mol. The van der Waals surface area contributed by atoms with E-state index in [1.165, 1.54) is 19.2 Å². The molecule has 1 amide bonds. The zero-order valence-electron chi connectivity index (χ0n) is 14.8. The first kappa shape index (κ1) is 20.4. The van der Waals surface area contributed by atoms with E-state index in [1.807, 2.05) is 20.8 Å². The van der Waals surface area contributed by atoms with Crippen LogP contribution in [0.2, 0.25) is 0 Å². The molecule has 1 rings (SSSR count). The number of nitrogens with one attached hydrogen (secondary N) is 2. The molecule has 0 bridgehead atoms. The first-order valence-corrected chi connectivity index (χ1v) is 9.72. The Labute approximate surface area is 145 Å². The highest BCUT2D eigenvalue weighted by molar-refractivity contribution is 7.89. The third-order valence-electron chi connectivity index (χ3n) is 3.52. The van der Waals surface area contributed by atoms with Crippen LogP contribution in [0.3, 0.4) is 0 Å². The number of carbonyl (C=O) groups excluding carboxylic acids is 1. The molecule has 2 N–H and O–H groups in total. The van der Waals surface area contributed by atoms with Crippen molar-refractivity contribution in [1.29, 1.82) is 0 Å². The van der Waals surface area contributed by atoms with Gasteiger partial charge in [0.05, 0.1) is 12.0 Å². The molecule has 6 nitrogen and oxygen atoms in total. The summed E-state index contributed by atoms with van der Waals surface area (Å²) < 4.78 is 32.6. The van der Waals surface area contributed by atoms with E-state index in [4.69, 9.17) is 4.74 Å². The summed E-state index contributed by atoms with van der Waals surface area (Å²) in [4.78, 5) is 12.4. The Morgan fingerprint density at radius 3 is 2.33 bits per heavy atom. The molecule has 24 heavy (non-hydrogen) atoms. The number of methoxy groups -OCH3 is 1. The molecule has 1 aromatic carbocycles. The van der Waals surface area contributed by atoms with Gasteiger partial charge >= 0.3 is 0 Å². The predicted octanol–water partition coefficient (Wildman–Crippen LogP) is 2.30. The van der Waals surface area contributed by atoms with Crippen LogP contribution in [0, 0.1) is 5.92 Å². The van der Waals surface area contributed by atoms with Gasteiger partial charge < -0.3 is 10.1 Å². The lowest BCUT2D eigenvalue weighted by Crippen LogP contribution is -2.47. The van der Waals surface area contributed by atoms with Gasteiger partial charge in [-0.25, -0.2) is 8.42 Å². The van der Waals surface area contributed by atoms with Crippen LogP contribution < -0.4 is 14.8 Å². The molecule has 0 aliphatic carbocycles. The normalized spacial score (nSPS) is 12.9. The molecule has 136 valence electrons. The molecule has 0 aliphatic heterocycles. The maximum atomic E-state index is 12.5. The molecule has 1 unspecified atom stereocenters. The summed E-state index contributed by atoms with van der Waals surface area (Å²) in [6.45, 7) is 6.49. The van der Waals surface area contributed by atoms with Crippen LogP contribution in [0.1, 0.15) is 40.0 Å². The average molecular weight is 356 g/mol. The second-order valence-electron chi connectivity index (χ2n) is 6.12. The summed E-state index contributed by atoms with van der Waals surface area (Å²) in [5.74, 6) is 0.477. The highest BCUT2D eigenvalue weighted by atomic mass is 32.2. The van der Waals surface area contributed by atoms with Gasteiger partial charge in [0.2, 0.25) is 15.9 Å². The van der Waals surface area contributed by atoms with Gasteiger partial charge in [0.15, 0.2) is 0 Å². The smallest absolute Gasteiger partial charge is 0.241 e. The van der Waals surface area contributed by atoms with E-state index >= 15 is 0 Å². The zero-order chi connectivity index (χ0) is 18.2. The van der Waals surface area contributed by atoms with Crippen LogP contribution in [0.5, 0.6) is 5.75 Å². The molecule has 0 spiro atoms. The molecule has 0 radical (unpaired) electrons. The standard InChI is InChI=1S/C17H28N2O4S/c1-5-6-11-18-17(20)16(12-13(2)3)19-24(21,22)15-9-7-14(23-4)8-10-15/h7-10,13,16,19H,5-6,11-12H2,1-4H3,(H,18,20). The lowest BCUT2D eigenvalue weighted by molar-refractivity contribution is -0.123. The Hall–Kier alpha value is -1.60. The number of benzene rings is 1. The van der Waals surface area contributed by atoms with Crippen molar-refractivity contribution < 1.29 is 17.9 Å². The van der Waals surface area contributed by atoms with Crippen molar-refractivity contribution in [1.82, 2.24) is 10.0 Å². The van der Waals surface area contributed by atoms with Crippen molar-refractivity contribution in [2.45, 2.75) is 51.0 Å². The van der Waals surface area contributed by atoms with Crippen molar-refractivity contribution in [3.8, 4) is 5.75 Å². The molecule has 0 aliphatic rings. The first-order valence-electron chi connectivity index (χ1n) is 8.24. The summed E-state index contributed by atoms with van der Waals surface area (Å²) >= 11 is 0. The third-order valence-corrected chi connectivity index (χ3v) is 5.01. The zero-order valence-corrected chi connectivity index (χ0v) is 15.7. The minimum absolute atomic E-state index is 0.110. The fraction of sp³-hybridized carbons (Fsp3) is 0.588. The van der Waals surface area contributed by atoms with Gasteiger partial charge in [-0.2, -0.15) is 4.72 Å². The average Bonchev–Trinajstić information content (AvgIpc) is 2.53. The molecular formula is C17H28N2O4S. The van der Waals surface area contributed by atoms with Gasteiger partial charge in [0.25, 0.3) is 0 Å². The highest BCUT2D eigenvalue weighted by Crippen LogP contribution is 2.17. The number of hydrogen-bond donors (Lipinski definition) is 2. The summed E-state index contributed by atoms with van der Waals surface area (Å²) in [6, 6.07) is 5.29. The molecule has 1 atom stereocenters. The summed E-state index contributed by atoms with van der Waals surface area (Å²) in [5, 5.41) is 2.80. The topological polar surface area (TPSA) is 84.5 Å². The van der Waals surface area contributed by atoms with Crippen molar-refractivity contribution >= 4 is 15.9 Å². The number of sulfonamides is 1. The number of hydrogen-bond acceptors (Lipinski definition) is 4. The Balaban J connectivity index is 2.87. The number of ether oxygens (including phenoxy) is 1. The lowest BCUT2D eigenvalue weighted by Gasteiger charge is -2.20. The minimum Gasteiger partial charge on any atom is -0.497 e. The maximum absolute atomic E-state index is 12.5. The molecule has 0 heterocycles. The summed E-state index contributed by atoms with van der Waals surface area (Å²) in [7, 11) is -2.26. The molecule has 0 fully saturated rings. The number of amides is 1. The molecule has 0 aromatic heterocycles. The maximum Gasteiger partial charge on any atom is 0.241 e. The van der Waals surface area contributed by atoms with Gasteiger partial charge in [-0.15, -0.1) is 0 Å². The van der Waals surface area contributed by atoms with Crippen molar-refractivity contribution in [3.63, 3.8) is 0 Å². The minimum atomic E-state index is -3.77. The Morgan fingerprint density at radius 2 is 1.83 bits per heavy atom. The van der Waals surface area contributed by atoms with Gasteiger partial charge in [-0.1, -0.05) is 27.2 Å². The second-order valence-corrected chi connectivity index (χ2v) is 7.84. The van der Waals surface area contributed by atoms with Crippen LogP contribution >= 0.6 is 0 Å². The van der Waals surface area contributed by atoms with Crippen LogP contribution in [-0.4, -0.2) is 34.0 Å². The summed E-state index contributed by atoms with van der Waals surface area (Å²) in [5.41, 5.74) is 0. The van der Waals surface area contributed by atoms with Crippen LogP contribution in [-0.2, 0) is 14.8 Å². The largest absolute Gasteiger partial charge is 0.497 e. The first-order chi connectivity index (χ1) is 11.3. The Morgan fingerprint density at radius 1 is 1.21 bits per heavy atom. The number of rotatable bonds is 10. The van der Waals surface area contributed by atoms with Crippen LogP contribution in [0.15, 0.2) is 29.2 Å². The molecule has 0 saturated heterocycles. The number of carbonyl (C=O) groups is 1. The van der Waals surface area contributed by atoms with E-state index in [-0.39, 0.29) is 16.7 Å². The van der Waals surface area contributed by atoms with E-state index in [0.29, 0.717) is 18.7 Å². The molecule has 7 heteroatoms. The Kier molecular flexibility index (Phi) is 8.21. The lowest BCUT2D eigenvalue weighted by atomic mass is 10.0. The van der Waals surface area contributed by atoms with E-state index in [1.54, 1.807) is 12.1 Å². The van der Waals surface area contributed by atoms with Gasteiger partial charge in [-0.05, 0) is 43.0 Å². The predicted molar refractivity (Wildman–Crippen MR) is 94.5 cm³/mol. The second kappa shape index (κ2) is 9.64. The van der Waals surface area contributed by atoms with Crippen molar-refractivity contribution in [3.05, 3.63) is 24.3 Å². The third kappa shape index (κ3) is 6.49. The highest BCUT2D eigenvalue weighted by Gasteiger charge is 2.26. The van der Waals surface area contributed by atoms with Crippen molar-refractivity contribution in [2.24, 2.45) is 5.92 Å². The molecule has 1 aromatic rings. The quantitative estimate of drug-likeness (QED) is 0.630. The summed E-state index contributed by atoms with van der Waals surface area (Å²) in [6.07, 6.45) is 2.27. The van der Waals surface area contributed by atoms with Gasteiger partial charge in [0.1, 0.15) is 11.8 Å². The van der Waals surface area contributed by atoms with Crippen LogP contribution in [0.25, 0.3) is 0 Å². The number of unbranched alkanes of at least 4 members (excludes halogenated alkanes) is 1. The van der Waals surface area contributed by atoms with Crippen molar-refractivity contribution in [2.75, 3.05) is 13.7 Å². The monoisotopic (exact) mass is 356 g/mol. The van der Waals surface area contributed by atoms with Gasteiger partial charge in [-0.3, -0.25) is 4.79 Å². The van der Waals surface area contributed by atoms with E-state index in [0.717, 1.165) is 12.8 Å². The molecule has 0 saturated carbocycles. The van der Waals surface area contributed by atoms with Gasteiger partial charge in [0, 0.05) is 6.54 Å². The fourth-order valence-corrected chi connectivity index (χ4v) is 3.41. The van der Waals surface area contributed by atoms with Crippen LogP contribution in [0.4, 0.5) is 0 Å². The van der Waals surface area contributed by atoms with E-state index < -0.39 is 16.1 Å². The van der Waals surface area contributed by atoms with E-state index in [9.17, 15) is 13.2 Å². The van der Waals surface area contributed by atoms with E-state index in [2.05, 4.69) is 10.0 Å².